The number of benzene rings is 1. The molecule has 4 nitrogen and oxygen atoms in total. The molecule has 1 saturated heterocycles. The van der Waals surface area contributed by atoms with Gasteiger partial charge in [-0.15, -0.1) is 12.4 Å². The van der Waals surface area contributed by atoms with Gasteiger partial charge in [-0.05, 0) is 56.5 Å². The molecule has 0 spiro atoms. The van der Waals surface area contributed by atoms with Crippen molar-refractivity contribution in [1.82, 2.24) is 10.2 Å². The van der Waals surface area contributed by atoms with Gasteiger partial charge in [-0.2, -0.15) is 0 Å². The standard InChI is InChI=1S/C19H29FN2O2.ClH/c1-3-12-22(13-7-16-5-4-6-17(20)14-16)18(23)19(15-24-2)8-10-21-11-9-19;/h4-6,14,21H,3,7-13,15H2,1-2H3;1H. The normalized spacial score (nSPS) is 16.1. The van der Waals surface area contributed by atoms with E-state index in [0.717, 1.165) is 44.5 Å². The quantitative estimate of drug-likeness (QED) is 0.762. The number of hydrogen-bond donors (Lipinski definition) is 1. The van der Waals surface area contributed by atoms with Crippen molar-refractivity contribution in [3.8, 4) is 0 Å². The average molecular weight is 373 g/mol. The predicted molar refractivity (Wildman–Crippen MR) is 101 cm³/mol. The molecule has 0 saturated carbocycles. The third-order valence-electron chi connectivity index (χ3n) is 4.78. The molecule has 1 aromatic rings. The summed E-state index contributed by atoms with van der Waals surface area (Å²) in [4.78, 5) is 15.2. The van der Waals surface area contributed by atoms with Crippen molar-refractivity contribution in [1.29, 1.82) is 0 Å². The zero-order valence-corrected chi connectivity index (χ0v) is 16.0. The molecule has 0 atom stereocenters. The third kappa shape index (κ3) is 5.94. The minimum Gasteiger partial charge on any atom is -0.384 e. The van der Waals surface area contributed by atoms with Crippen LogP contribution in [0.3, 0.4) is 0 Å². The lowest BCUT2D eigenvalue weighted by Gasteiger charge is -2.39. The largest absolute Gasteiger partial charge is 0.384 e. The first-order valence-electron chi connectivity index (χ1n) is 8.85. The first-order chi connectivity index (χ1) is 11.6. The van der Waals surface area contributed by atoms with Crippen molar-refractivity contribution in [3.05, 3.63) is 35.6 Å². The monoisotopic (exact) mass is 372 g/mol. The van der Waals surface area contributed by atoms with Gasteiger partial charge in [0.25, 0.3) is 0 Å². The van der Waals surface area contributed by atoms with Gasteiger partial charge in [-0.25, -0.2) is 4.39 Å². The van der Waals surface area contributed by atoms with Gasteiger partial charge in [-0.3, -0.25) is 4.79 Å². The summed E-state index contributed by atoms with van der Waals surface area (Å²) in [6.45, 7) is 5.58. The number of halogens is 2. The fourth-order valence-corrected chi connectivity index (χ4v) is 3.48. The number of piperidine rings is 1. The number of nitrogens with zero attached hydrogens (tertiary/aromatic N) is 1. The van der Waals surface area contributed by atoms with Crippen LogP contribution in [0.25, 0.3) is 0 Å². The maximum absolute atomic E-state index is 13.3. The van der Waals surface area contributed by atoms with E-state index in [9.17, 15) is 9.18 Å². The van der Waals surface area contributed by atoms with E-state index >= 15 is 0 Å². The van der Waals surface area contributed by atoms with Gasteiger partial charge in [0.05, 0.1) is 12.0 Å². The zero-order chi connectivity index (χ0) is 17.4. The van der Waals surface area contributed by atoms with Gasteiger partial charge in [0.2, 0.25) is 5.91 Å². The summed E-state index contributed by atoms with van der Waals surface area (Å²) < 4.78 is 18.7. The molecule has 1 fully saturated rings. The number of nitrogens with one attached hydrogen (secondary N) is 1. The van der Waals surface area contributed by atoms with Gasteiger partial charge in [-0.1, -0.05) is 19.1 Å². The van der Waals surface area contributed by atoms with Crippen LogP contribution >= 0.6 is 12.4 Å². The molecule has 1 aromatic carbocycles. The number of methoxy groups -OCH3 is 1. The molecule has 1 amide bonds. The Labute approximate surface area is 156 Å². The van der Waals surface area contributed by atoms with Gasteiger partial charge in [0, 0.05) is 20.2 Å². The van der Waals surface area contributed by atoms with Crippen LogP contribution in [0.15, 0.2) is 24.3 Å². The molecule has 1 aliphatic rings. The topological polar surface area (TPSA) is 41.6 Å². The lowest BCUT2D eigenvalue weighted by atomic mass is 9.78. The number of rotatable bonds is 8. The Morgan fingerprint density at radius 3 is 2.64 bits per heavy atom. The summed E-state index contributed by atoms with van der Waals surface area (Å²) in [5.41, 5.74) is 0.506. The molecule has 0 aromatic heterocycles. The molecular formula is C19H30ClFN2O2. The number of ether oxygens (including phenoxy) is 1. The van der Waals surface area contributed by atoms with Crippen LogP contribution in [-0.2, 0) is 16.0 Å². The van der Waals surface area contributed by atoms with Crippen LogP contribution in [0.4, 0.5) is 4.39 Å². The average Bonchev–Trinajstić information content (AvgIpc) is 2.59. The SMILES string of the molecule is CCCN(CCc1cccc(F)c1)C(=O)C1(COC)CCNCC1.Cl. The number of carbonyl (C=O) groups excluding carboxylic acids is 1. The van der Waals surface area contributed by atoms with Crippen molar-refractivity contribution in [2.75, 3.05) is 39.9 Å². The lowest BCUT2D eigenvalue weighted by Crippen LogP contribution is -2.52. The highest BCUT2D eigenvalue weighted by molar-refractivity contribution is 5.85. The van der Waals surface area contributed by atoms with E-state index in [4.69, 9.17) is 4.74 Å². The van der Waals surface area contributed by atoms with Gasteiger partial charge in [0.1, 0.15) is 5.82 Å². The van der Waals surface area contributed by atoms with Crippen LogP contribution in [0.1, 0.15) is 31.7 Å². The Morgan fingerprint density at radius 1 is 1.32 bits per heavy atom. The maximum Gasteiger partial charge on any atom is 0.231 e. The highest BCUT2D eigenvalue weighted by Gasteiger charge is 2.41. The van der Waals surface area contributed by atoms with Crippen molar-refractivity contribution in [2.45, 2.75) is 32.6 Å². The van der Waals surface area contributed by atoms with Gasteiger partial charge >= 0.3 is 0 Å². The molecule has 0 unspecified atom stereocenters. The molecule has 0 bridgehead atoms. The van der Waals surface area contributed by atoms with Crippen molar-refractivity contribution in [3.63, 3.8) is 0 Å². The Kier molecular flexibility index (Phi) is 9.39. The van der Waals surface area contributed by atoms with E-state index in [1.54, 1.807) is 19.2 Å². The molecule has 1 aliphatic heterocycles. The smallest absolute Gasteiger partial charge is 0.231 e. The fourth-order valence-electron chi connectivity index (χ4n) is 3.48. The predicted octanol–water partition coefficient (Wildman–Crippen LogP) is 3.04. The second kappa shape index (κ2) is 10.7. The van der Waals surface area contributed by atoms with Crippen molar-refractivity contribution in [2.24, 2.45) is 5.41 Å². The van der Waals surface area contributed by atoms with Gasteiger partial charge in [0.15, 0.2) is 0 Å². The maximum atomic E-state index is 13.3. The van der Waals surface area contributed by atoms with Crippen molar-refractivity contribution >= 4 is 18.3 Å². The minimum atomic E-state index is -0.420. The second-order valence-corrected chi connectivity index (χ2v) is 6.64. The van der Waals surface area contributed by atoms with Gasteiger partial charge < -0.3 is 15.0 Å². The number of hydrogen-bond acceptors (Lipinski definition) is 3. The summed E-state index contributed by atoms with van der Waals surface area (Å²) in [6.07, 6.45) is 3.20. The van der Waals surface area contributed by atoms with Crippen LogP contribution in [0.2, 0.25) is 0 Å². The molecular weight excluding hydrogens is 343 g/mol. The summed E-state index contributed by atoms with van der Waals surface area (Å²) in [5, 5.41) is 3.32. The molecule has 25 heavy (non-hydrogen) atoms. The molecule has 142 valence electrons. The third-order valence-corrected chi connectivity index (χ3v) is 4.78. The van der Waals surface area contributed by atoms with Crippen LogP contribution in [0, 0.1) is 11.2 Å². The summed E-state index contributed by atoms with van der Waals surface area (Å²) in [7, 11) is 1.66. The Balaban J connectivity index is 0.00000312. The highest BCUT2D eigenvalue weighted by atomic mass is 35.5. The van der Waals surface area contributed by atoms with Crippen LogP contribution in [0.5, 0.6) is 0 Å². The first-order valence-corrected chi connectivity index (χ1v) is 8.85. The number of amides is 1. The minimum absolute atomic E-state index is 0. The van der Waals surface area contributed by atoms with Crippen molar-refractivity contribution < 1.29 is 13.9 Å². The Hall–Kier alpha value is -1.17. The highest BCUT2D eigenvalue weighted by Crippen LogP contribution is 2.32. The van der Waals surface area contributed by atoms with E-state index in [0.29, 0.717) is 19.6 Å². The van der Waals surface area contributed by atoms with E-state index in [1.807, 2.05) is 11.0 Å². The summed E-state index contributed by atoms with van der Waals surface area (Å²) >= 11 is 0. The van der Waals surface area contributed by atoms with E-state index in [2.05, 4.69) is 12.2 Å². The zero-order valence-electron chi connectivity index (χ0n) is 15.2. The summed E-state index contributed by atoms with van der Waals surface area (Å²) in [6, 6.07) is 6.62. The van der Waals surface area contributed by atoms with Crippen LogP contribution < -0.4 is 5.32 Å². The molecule has 0 aliphatic carbocycles. The number of carbonyl (C=O) groups is 1. The van der Waals surface area contributed by atoms with E-state index in [1.165, 1.54) is 6.07 Å². The summed E-state index contributed by atoms with van der Waals surface area (Å²) in [5.74, 6) is -0.0424. The molecule has 1 N–H and O–H groups in total. The Morgan fingerprint density at radius 2 is 2.04 bits per heavy atom. The molecule has 2 rings (SSSR count). The molecule has 0 radical (unpaired) electrons. The first kappa shape index (κ1) is 21.9. The lowest BCUT2D eigenvalue weighted by molar-refractivity contribution is -0.147. The second-order valence-electron chi connectivity index (χ2n) is 6.64. The fraction of sp³-hybridized carbons (Fsp3) is 0.632. The Bertz CT molecular complexity index is 530. The van der Waals surface area contributed by atoms with E-state index in [-0.39, 0.29) is 24.1 Å². The van der Waals surface area contributed by atoms with E-state index < -0.39 is 5.41 Å². The molecule has 6 heteroatoms. The van der Waals surface area contributed by atoms with Crippen LogP contribution in [-0.4, -0.2) is 50.7 Å². The molecule has 1 heterocycles.